The standard InChI is InChI=1S/C15H20BrN3O2/c1-18(2)14(20)10-3-5-19(6-4-10)15(21)11-7-12(16)9-13(17)8-11/h7-10H,3-6,17H2,1-2H3. The molecule has 1 aliphatic rings. The summed E-state index contributed by atoms with van der Waals surface area (Å²) in [6.07, 6.45) is 1.43. The molecule has 0 unspecified atom stereocenters. The van der Waals surface area contributed by atoms with Gasteiger partial charge in [0, 0.05) is 48.8 Å². The third kappa shape index (κ3) is 3.75. The van der Waals surface area contributed by atoms with Gasteiger partial charge in [-0.25, -0.2) is 0 Å². The second kappa shape index (κ2) is 6.47. The van der Waals surface area contributed by atoms with Crippen LogP contribution in [0.4, 0.5) is 5.69 Å². The average Bonchev–Trinajstić information content (AvgIpc) is 2.44. The largest absolute Gasteiger partial charge is 0.399 e. The fourth-order valence-corrected chi connectivity index (χ4v) is 3.12. The summed E-state index contributed by atoms with van der Waals surface area (Å²) in [7, 11) is 3.54. The lowest BCUT2D eigenvalue weighted by Crippen LogP contribution is -2.42. The predicted octanol–water partition coefficient (Wildman–Crippen LogP) is 1.97. The highest BCUT2D eigenvalue weighted by Gasteiger charge is 2.28. The number of nitrogens with zero attached hydrogens (tertiary/aromatic N) is 2. The molecule has 1 fully saturated rings. The number of carbonyl (C=O) groups is 2. The van der Waals surface area contributed by atoms with Crippen molar-refractivity contribution in [1.29, 1.82) is 0 Å². The molecule has 6 heteroatoms. The van der Waals surface area contributed by atoms with E-state index in [1.807, 2.05) is 0 Å². The number of anilines is 1. The van der Waals surface area contributed by atoms with E-state index in [-0.39, 0.29) is 17.7 Å². The Hall–Kier alpha value is -1.56. The number of nitrogen functional groups attached to an aromatic ring is 1. The van der Waals surface area contributed by atoms with Gasteiger partial charge in [0.2, 0.25) is 5.91 Å². The highest BCUT2D eigenvalue weighted by molar-refractivity contribution is 9.10. The molecule has 0 saturated carbocycles. The van der Waals surface area contributed by atoms with Crippen LogP contribution in [0.2, 0.25) is 0 Å². The van der Waals surface area contributed by atoms with Crippen molar-refractivity contribution in [2.24, 2.45) is 5.92 Å². The molecule has 0 spiro atoms. The van der Waals surface area contributed by atoms with Gasteiger partial charge in [-0.2, -0.15) is 0 Å². The summed E-state index contributed by atoms with van der Waals surface area (Å²) in [4.78, 5) is 27.8. The Morgan fingerprint density at radius 1 is 1.24 bits per heavy atom. The molecule has 114 valence electrons. The molecule has 2 N–H and O–H groups in total. The lowest BCUT2D eigenvalue weighted by atomic mass is 9.95. The number of likely N-dealkylation sites (tertiary alicyclic amines) is 1. The quantitative estimate of drug-likeness (QED) is 0.826. The Morgan fingerprint density at radius 3 is 2.38 bits per heavy atom. The SMILES string of the molecule is CN(C)C(=O)C1CCN(C(=O)c2cc(N)cc(Br)c2)CC1. The molecule has 1 aromatic carbocycles. The normalized spacial score (nSPS) is 15.9. The van der Waals surface area contributed by atoms with Crippen LogP contribution in [0.5, 0.6) is 0 Å². The van der Waals surface area contributed by atoms with E-state index in [0.29, 0.717) is 37.2 Å². The molecule has 2 amide bonds. The van der Waals surface area contributed by atoms with Crippen LogP contribution in [0.3, 0.4) is 0 Å². The minimum Gasteiger partial charge on any atom is -0.399 e. The van der Waals surface area contributed by atoms with Crippen molar-refractivity contribution >= 4 is 33.4 Å². The molecule has 0 aromatic heterocycles. The van der Waals surface area contributed by atoms with E-state index < -0.39 is 0 Å². The first-order chi connectivity index (χ1) is 9.88. The number of piperidine rings is 1. The van der Waals surface area contributed by atoms with Crippen molar-refractivity contribution in [3.8, 4) is 0 Å². The number of nitrogens with two attached hydrogens (primary N) is 1. The summed E-state index contributed by atoms with van der Waals surface area (Å²) in [5, 5.41) is 0. The minimum atomic E-state index is -0.0289. The van der Waals surface area contributed by atoms with Gasteiger partial charge in [0.15, 0.2) is 0 Å². The van der Waals surface area contributed by atoms with E-state index in [2.05, 4.69) is 15.9 Å². The van der Waals surface area contributed by atoms with Gasteiger partial charge in [0.05, 0.1) is 0 Å². The summed E-state index contributed by atoms with van der Waals surface area (Å²) >= 11 is 3.35. The fourth-order valence-electron chi connectivity index (χ4n) is 2.61. The maximum Gasteiger partial charge on any atom is 0.253 e. The van der Waals surface area contributed by atoms with Crippen LogP contribution >= 0.6 is 15.9 Å². The van der Waals surface area contributed by atoms with E-state index in [1.165, 1.54) is 0 Å². The summed E-state index contributed by atoms with van der Waals surface area (Å²) < 4.78 is 0.795. The van der Waals surface area contributed by atoms with Gasteiger partial charge < -0.3 is 15.5 Å². The molecule has 2 rings (SSSR count). The van der Waals surface area contributed by atoms with Gasteiger partial charge in [-0.15, -0.1) is 0 Å². The highest BCUT2D eigenvalue weighted by Crippen LogP contribution is 2.23. The average molecular weight is 354 g/mol. The van der Waals surface area contributed by atoms with Crippen molar-refractivity contribution in [2.45, 2.75) is 12.8 Å². The van der Waals surface area contributed by atoms with Crippen LogP contribution < -0.4 is 5.73 Å². The van der Waals surface area contributed by atoms with Gasteiger partial charge >= 0.3 is 0 Å². The first-order valence-electron chi connectivity index (χ1n) is 6.95. The first-order valence-corrected chi connectivity index (χ1v) is 7.74. The zero-order chi connectivity index (χ0) is 15.6. The summed E-state index contributed by atoms with van der Waals surface area (Å²) in [6, 6.07) is 5.22. The van der Waals surface area contributed by atoms with Crippen molar-refractivity contribution in [3.05, 3.63) is 28.2 Å². The summed E-state index contributed by atoms with van der Waals surface area (Å²) in [6.45, 7) is 1.21. The lowest BCUT2D eigenvalue weighted by Gasteiger charge is -2.32. The third-order valence-corrected chi connectivity index (χ3v) is 4.20. The van der Waals surface area contributed by atoms with Crippen LogP contribution in [-0.2, 0) is 4.79 Å². The van der Waals surface area contributed by atoms with Crippen LogP contribution in [0.15, 0.2) is 22.7 Å². The predicted molar refractivity (Wildman–Crippen MR) is 85.9 cm³/mol. The maximum atomic E-state index is 12.5. The minimum absolute atomic E-state index is 0.0247. The van der Waals surface area contributed by atoms with Crippen LogP contribution in [0.25, 0.3) is 0 Å². The van der Waals surface area contributed by atoms with Gasteiger partial charge in [-0.05, 0) is 31.0 Å². The number of halogens is 1. The second-order valence-electron chi connectivity index (χ2n) is 5.57. The second-order valence-corrected chi connectivity index (χ2v) is 6.49. The molecule has 0 aliphatic carbocycles. The monoisotopic (exact) mass is 353 g/mol. The molecule has 5 nitrogen and oxygen atoms in total. The fraction of sp³-hybridized carbons (Fsp3) is 0.467. The van der Waals surface area contributed by atoms with E-state index in [0.717, 1.165) is 4.47 Å². The number of amides is 2. The lowest BCUT2D eigenvalue weighted by molar-refractivity contribution is -0.134. The van der Waals surface area contributed by atoms with Crippen molar-refractivity contribution in [1.82, 2.24) is 9.80 Å². The van der Waals surface area contributed by atoms with E-state index in [4.69, 9.17) is 5.73 Å². The van der Waals surface area contributed by atoms with E-state index >= 15 is 0 Å². The molecule has 0 radical (unpaired) electrons. The molecule has 1 saturated heterocycles. The van der Waals surface area contributed by atoms with E-state index in [1.54, 1.807) is 42.1 Å². The molecule has 1 aliphatic heterocycles. The Morgan fingerprint density at radius 2 is 1.86 bits per heavy atom. The topological polar surface area (TPSA) is 66.6 Å². The summed E-state index contributed by atoms with van der Waals surface area (Å²) in [5.74, 6) is 0.143. The molecular formula is C15H20BrN3O2. The Labute approximate surface area is 133 Å². The Bertz CT molecular complexity index is 532. The highest BCUT2D eigenvalue weighted by atomic mass is 79.9. The number of hydrogen-bond acceptors (Lipinski definition) is 3. The smallest absolute Gasteiger partial charge is 0.253 e. The molecule has 1 heterocycles. The number of rotatable bonds is 2. The van der Waals surface area contributed by atoms with Gasteiger partial charge in [0.1, 0.15) is 0 Å². The molecule has 0 atom stereocenters. The molecule has 21 heavy (non-hydrogen) atoms. The zero-order valence-corrected chi connectivity index (χ0v) is 13.9. The molecule has 1 aromatic rings. The number of benzene rings is 1. The van der Waals surface area contributed by atoms with Gasteiger partial charge in [-0.1, -0.05) is 15.9 Å². The van der Waals surface area contributed by atoms with Crippen LogP contribution in [-0.4, -0.2) is 48.8 Å². The first kappa shape index (κ1) is 15.8. The summed E-state index contributed by atoms with van der Waals surface area (Å²) in [5.41, 5.74) is 6.91. The molecule has 0 bridgehead atoms. The van der Waals surface area contributed by atoms with Crippen LogP contribution in [0.1, 0.15) is 23.2 Å². The Kier molecular flexibility index (Phi) is 4.88. The third-order valence-electron chi connectivity index (χ3n) is 3.74. The van der Waals surface area contributed by atoms with Gasteiger partial charge in [-0.3, -0.25) is 9.59 Å². The number of hydrogen-bond donors (Lipinski definition) is 1. The zero-order valence-electron chi connectivity index (χ0n) is 12.3. The maximum absolute atomic E-state index is 12.5. The van der Waals surface area contributed by atoms with Gasteiger partial charge in [0.25, 0.3) is 5.91 Å². The van der Waals surface area contributed by atoms with Crippen LogP contribution in [0, 0.1) is 5.92 Å². The Balaban J connectivity index is 2.02. The van der Waals surface area contributed by atoms with Crippen molar-refractivity contribution in [2.75, 3.05) is 32.9 Å². The van der Waals surface area contributed by atoms with Crippen molar-refractivity contribution < 1.29 is 9.59 Å². The van der Waals surface area contributed by atoms with E-state index in [9.17, 15) is 9.59 Å². The number of carbonyl (C=O) groups excluding carboxylic acids is 2. The molecular weight excluding hydrogens is 334 g/mol. The van der Waals surface area contributed by atoms with Crippen molar-refractivity contribution in [3.63, 3.8) is 0 Å².